The van der Waals surface area contributed by atoms with Crippen LogP contribution in [-0.2, 0) is 11.2 Å². The Morgan fingerprint density at radius 2 is 2.35 bits per heavy atom. The third-order valence-corrected chi connectivity index (χ3v) is 3.12. The molecule has 0 amide bonds. The summed E-state index contributed by atoms with van der Waals surface area (Å²) in [7, 11) is 0. The summed E-state index contributed by atoms with van der Waals surface area (Å²) in [4.78, 5) is 11.0. The molecule has 1 aliphatic carbocycles. The van der Waals surface area contributed by atoms with Crippen molar-refractivity contribution in [1.82, 2.24) is 20.2 Å². The number of aryl methyl sites for hydroxylation is 1. The second-order valence-electron chi connectivity index (χ2n) is 4.07. The molecule has 0 unspecified atom stereocenters. The molecule has 0 aliphatic heterocycles. The van der Waals surface area contributed by atoms with Crippen molar-refractivity contribution in [2.24, 2.45) is 0 Å². The van der Waals surface area contributed by atoms with Crippen LogP contribution in [-0.4, -0.2) is 31.3 Å². The Bertz CT molecular complexity index is 565. The van der Waals surface area contributed by atoms with E-state index in [1.165, 1.54) is 6.33 Å². The number of carboxylic acids is 1. The number of carboxylic acid groups (broad SMARTS) is 1. The van der Waals surface area contributed by atoms with E-state index >= 15 is 0 Å². The van der Waals surface area contributed by atoms with Crippen molar-refractivity contribution in [3.8, 4) is 5.69 Å². The highest BCUT2D eigenvalue weighted by Crippen LogP contribution is 2.34. The Kier molecular flexibility index (Phi) is 2.14. The maximum absolute atomic E-state index is 11.0. The molecule has 1 N–H and O–H groups in total. The number of aliphatic carboxylic acids is 1. The van der Waals surface area contributed by atoms with Crippen molar-refractivity contribution < 1.29 is 9.90 Å². The minimum Gasteiger partial charge on any atom is -0.481 e. The Morgan fingerprint density at radius 1 is 1.47 bits per heavy atom. The van der Waals surface area contributed by atoms with Crippen LogP contribution in [0.3, 0.4) is 0 Å². The monoisotopic (exact) mass is 230 g/mol. The van der Waals surface area contributed by atoms with E-state index in [0.717, 1.165) is 23.2 Å². The van der Waals surface area contributed by atoms with Crippen molar-refractivity contribution in [2.45, 2.75) is 18.8 Å². The van der Waals surface area contributed by atoms with Crippen LogP contribution >= 0.6 is 0 Å². The molecule has 1 aromatic carbocycles. The number of fused-ring (bicyclic) bond motifs is 1. The van der Waals surface area contributed by atoms with E-state index in [4.69, 9.17) is 5.11 Å². The van der Waals surface area contributed by atoms with E-state index in [1.54, 1.807) is 4.68 Å². The highest BCUT2D eigenvalue weighted by molar-refractivity contribution is 5.78. The third-order valence-electron chi connectivity index (χ3n) is 3.12. The van der Waals surface area contributed by atoms with Gasteiger partial charge in [0, 0.05) is 0 Å². The van der Waals surface area contributed by atoms with E-state index in [1.807, 2.05) is 18.2 Å². The Labute approximate surface area is 96.9 Å². The molecule has 1 heterocycles. The van der Waals surface area contributed by atoms with Crippen LogP contribution in [0.25, 0.3) is 5.69 Å². The predicted molar refractivity (Wildman–Crippen MR) is 57.9 cm³/mol. The van der Waals surface area contributed by atoms with Gasteiger partial charge in [0.05, 0.1) is 11.6 Å². The lowest BCUT2D eigenvalue weighted by molar-refractivity contribution is -0.138. The molecule has 0 saturated heterocycles. The van der Waals surface area contributed by atoms with Gasteiger partial charge in [0.25, 0.3) is 0 Å². The van der Waals surface area contributed by atoms with Crippen molar-refractivity contribution in [1.29, 1.82) is 0 Å². The van der Waals surface area contributed by atoms with E-state index in [2.05, 4.69) is 15.5 Å². The molecule has 1 atom stereocenters. The minimum absolute atomic E-state index is 0.368. The molecule has 6 nitrogen and oxygen atoms in total. The van der Waals surface area contributed by atoms with Gasteiger partial charge in [0.15, 0.2) is 0 Å². The van der Waals surface area contributed by atoms with Crippen molar-refractivity contribution >= 4 is 5.97 Å². The van der Waals surface area contributed by atoms with E-state index in [0.29, 0.717) is 6.42 Å². The molecular weight excluding hydrogens is 220 g/mol. The fourth-order valence-electron chi connectivity index (χ4n) is 2.28. The van der Waals surface area contributed by atoms with Gasteiger partial charge in [0.2, 0.25) is 0 Å². The molecule has 6 heteroatoms. The fraction of sp³-hybridized carbons (Fsp3) is 0.273. The Balaban J connectivity index is 2.02. The zero-order valence-corrected chi connectivity index (χ0v) is 8.95. The number of hydrogen-bond donors (Lipinski definition) is 1. The standard InChI is InChI=1S/C11H10N4O2/c16-11(17)10-3-1-7-5-8(2-4-9(7)10)15-6-12-13-14-15/h2,4-6,10H,1,3H2,(H,16,17)/t10-/m0/s1. The topological polar surface area (TPSA) is 80.9 Å². The largest absolute Gasteiger partial charge is 0.481 e. The molecule has 2 aromatic rings. The van der Waals surface area contributed by atoms with Crippen molar-refractivity contribution in [2.75, 3.05) is 0 Å². The van der Waals surface area contributed by atoms with Crippen molar-refractivity contribution in [3.63, 3.8) is 0 Å². The number of nitrogens with zero attached hydrogens (tertiary/aromatic N) is 4. The van der Waals surface area contributed by atoms with Crippen LogP contribution in [0.15, 0.2) is 24.5 Å². The predicted octanol–water partition coefficient (Wildman–Crippen LogP) is 0.777. The summed E-state index contributed by atoms with van der Waals surface area (Å²) < 4.78 is 1.56. The number of hydrogen-bond acceptors (Lipinski definition) is 4. The average Bonchev–Trinajstić information content (AvgIpc) is 2.97. The molecular formula is C11H10N4O2. The highest BCUT2D eigenvalue weighted by atomic mass is 16.4. The first kappa shape index (κ1) is 9.95. The highest BCUT2D eigenvalue weighted by Gasteiger charge is 2.28. The van der Waals surface area contributed by atoms with Crippen LogP contribution < -0.4 is 0 Å². The summed E-state index contributed by atoms with van der Waals surface area (Å²) in [5.74, 6) is -1.12. The third kappa shape index (κ3) is 1.57. The molecule has 17 heavy (non-hydrogen) atoms. The SMILES string of the molecule is O=C(O)[C@H]1CCc2cc(-n3cnnn3)ccc21. The van der Waals surface area contributed by atoms with E-state index in [9.17, 15) is 4.79 Å². The van der Waals surface area contributed by atoms with Gasteiger partial charge < -0.3 is 5.11 Å². The molecule has 3 rings (SSSR count). The first-order chi connectivity index (χ1) is 8.25. The fourth-order valence-corrected chi connectivity index (χ4v) is 2.28. The second-order valence-corrected chi connectivity index (χ2v) is 4.07. The molecule has 86 valence electrons. The number of carbonyl (C=O) groups is 1. The van der Waals surface area contributed by atoms with Gasteiger partial charge in [-0.2, -0.15) is 0 Å². The summed E-state index contributed by atoms with van der Waals surface area (Å²) in [5.41, 5.74) is 2.85. The van der Waals surface area contributed by atoms with Gasteiger partial charge in [-0.3, -0.25) is 4.79 Å². The summed E-state index contributed by atoms with van der Waals surface area (Å²) in [6.07, 6.45) is 2.98. The zero-order valence-electron chi connectivity index (χ0n) is 8.95. The Morgan fingerprint density at radius 3 is 3.06 bits per heavy atom. The lowest BCUT2D eigenvalue weighted by Gasteiger charge is -2.07. The molecule has 0 fully saturated rings. The first-order valence-electron chi connectivity index (χ1n) is 5.34. The average molecular weight is 230 g/mol. The molecule has 0 radical (unpaired) electrons. The number of tetrazole rings is 1. The van der Waals surface area contributed by atoms with Gasteiger partial charge >= 0.3 is 5.97 Å². The van der Waals surface area contributed by atoms with Crippen LogP contribution in [0, 0.1) is 0 Å². The molecule has 1 aliphatic rings. The number of aromatic nitrogens is 4. The molecule has 0 bridgehead atoms. The van der Waals surface area contributed by atoms with E-state index < -0.39 is 5.97 Å². The molecule has 1 aromatic heterocycles. The zero-order chi connectivity index (χ0) is 11.8. The van der Waals surface area contributed by atoms with Crippen LogP contribution in [0.1, 0.15) is 23.5 Å². The summed E-state index contributed by atoms with van der Waals surface area (Å²) >= 11 is 0. The lowest BCUT2D eigenvalue weighted by Crippen LogP contribution is -2.07. The van der Waals surface area contributed by atoms with Gasteiger partial charge in [-0.05, 0) is 46.5 Å². The van der Waals surface area contributed by atoms with Crippen molar-refractivity contribution in [3.05, 3.63) is 35.7 Å². The summed E-state index contributed by atoms with van der Waals surface area (Å²) in [6.45, 7) is 0. The second kappa shape index (κ2) is 3.65. The lowest BCUT2D eigenvalue weighted by atomic mass is 10.0. The minimum atomic E-state index is -0.751. The number of benzene rings is 1. The summed E-state index contributed by atoms with van der Waals surface area (Å²) in [5, 5.41) is 20.0. The summed E-state index contributed by atoms with van der Waals surface area (Å²) in [6, 6.07) is 5.66. The molecule has 0 saturated carbocycles. The molecule has 0 spiro atoms. The van der Waals surface area contributed by atoms with E-state index in [-0.39, 0.29) is 5.92 Å². The quantitative estimate of drug-likeness (QED) is 0.824. The maximum Gasteiger partial charge on any atom is 0.310 e. The first-order valence-corrected chi connectivity index (χ1v) is 5.34. The van der Waals surface area contributed by atoms with Crippen LogP contribution in [0.5, 0.6) is 0 Å². The number of rotatable bonds is 2. The van der Waals surface area contributed by atoms with Gasteiger partial charge in [-0.1, -0.05) is 6.07 Å². The normalized spacial score (nSPS) is 18.0. The smallest absolute Gasteiger partial charge is 0.310 e. The van der Waals surface area contributed by atoms with Gasteiger partial charge in [-0.15, -0.1) is 5.10 Å². The van der Waals surface area contributed by atoms with Gasteiger partial charge in [-0.25, -0.2) is 4.68 Å². The van der Waals surface area contributed by atoms with Crippen LogP contribution in [0.2, 0.25) is 0 Å². The maximum atomic E-state index is 11.0. The van der Waals surface area contributed by atoms with Gasteiger partial charge in [0.1, 0.15) is 6.33 Å². The Hall–Kier alpha value is -2.24. The van der Waals surface area contributed by atoms with Crippen LogP contribution in [0.4, 0.5) is 0 Å².